The highest BCUT2D eigenvalue weighted by Crippen LogP contribution is 2.17. The van der Waals surface area contributed by atoms with Gasteiger partial charge in [0.2, 0.25) is 5.91 Å². The minimum absolute atomic E-state index is 0.290. The van der Waals surface area contributed by atoms with Crippen molar-refractivity contribution < 1.29 is 19.1 Å². The van der Waals surface area contributed by atoms with Crippen LogP contribution in [0.3, 0.4) is 0 Å². The third-order valence-corrected chi connectivity index (χ3v) is 2.69. The third-order valence-electron chi connectivity index (χ3n) is 1.98. The fraction of sp³-hybridized carbons (Fsp3) is 0.273. The molecule has 1 aromatic rings. The highest BCUT2D eigenvalue weighted by Gasteiger charge is 2.14. The van der Waals surface area contributed by atoms with Crippen LogP contribution in [0.1, 0.15) is 10.4 Å². The Labute approximate surface area is 113 Å². The van der Waals surface area contributed by atoms with Gasteiger partial charge in [-0.05, 0) is 18.4 Å². The Balaban J connectivity index is 2.51. The van der Waals surface area contributed by atoms with Gasteiger partial charge in [-0.2, -0.15) is 0 Å². The Bertz CT molecular complexity index is 493. The van der Waals surface area contributed by atoms with E-state index in [1.807, 2.05) is 0 Å². The van der Waals surface area contributed by atoms with Gasteiger partial charge < -0.3 is 15.8 Å². The van der Waals surface area contributed by atoms with Crippen molar-refractivity contribution in [3.8, 4) is 0 Å². The number of hydrogen-bond donors (Lipinski definition) is 2. The zero-order chi connectivity index (χ0) is 14.3. The lowest BCUT2D eigenvalue weighted by Gasteiger charge is -2.07. The van der Waals surface area contributed by atoms with Crippen molar-refractivity contribution in [2.24, 2.45) is 5.73 Å². The number of pyridine rings is 1. The number of ether oxygens (including phenoxy) is 1. The fourth-order valence-corrected chi connectivity index (χ4v) is 1.69. The molecule has 0 saturated carbocycles. The lowest BCUT2D eigenvalue weighted by molar-refractivity contribution is -0.127. The Morgan fingerprint density at radius 3 is 2.84 bits per heavy atom. The highest BCUT2D eigenvalue weighted by atomic mass is 32.2. The number of primary amides is 1. The third kappa shape index (κ3) is 4.96. The highest BCUT2D eigenvalue weighted by molar-refractivity contribution is 7.98. The number of aromatic nitrogens is 1. The molecule has 0 aromatic carbocycles. The number of nitrogens with one attached hydrogen (secondary N) is 1. The zero-order valence-corrected chi connectivity index (χ0v) is 11.0. The number of carbonyl (C=O) groups excluding carboxylic acids is 3. The van der Waals surface area contributed by atoms with Crippen LogP contribution in [0.15, 0.2) is 23.4 Å². The number of rotatable bonds is 6. The summed E-state index contributed by atoms with van der Waals surface area (Å²) in [6.07, 6.45) is 3.33. The molecule has 0 fully saturated rings. The molecule has 0 aliphatic carbocycles. The van der Waals surface area contributed by atoms with Gasteiger partial charge in [0.1, 0.15) is 5.03 Å². The van der Waals surface area contributed by atoms with E-state index in [1.54, 1.807) is 24.6 Å². The normalized spacial score (nSPS) is 9.74. The SMILES string of the molecule is CSc1ncccc1C(=O)OCC(=O)NCC(N)=O. The lowest BCUT2D eigenvalue weighted by Crippen LogP contribution is -2.36. The molecule has 0 spiro atoms. The summed E-state index contributed by atoms with van der Waals surface area (Å²) in [5, 5.41) is 2.72. The molecule has 3 N–H and O–H groups in total. The number of amides is 2. The standard InChI is InChI=1S/C11H13N3O4S/c1-19-10-7(3-2-4-13-10)11(17)18-6-9(16)14-5-8(12)15/h2-4H,5-6H2,1H3,(H2,12,15)(H,14,16). The van der Waals surface area contributed by atoms with Crippen molar-refractivity contribution in [3.05, 3.63) is 23.9 Å². The van der Waals surface area contributed by atoms with Gasteiger partial charge in [-0.1, -0.05) is 0 Å². The molecule has 8 heteroatoms. The van der Waals surface area contributed by atoms with Gasteiger partial charge in [0.05, 0.1) is 12.1 Å². The van der Waals surface area contributed by atoms with Crippen molar-refractivity contribution in [2.45, 2.75) is 5.03 Å². The summed E-state index contributed by atoms with van der Waals surface area (Å²) in [7, 11) is 0. The van der Waals surface area contributed by atoms with Crippen molar-refractivity contribution in [1.82, 2.24) is 10.3 Å². The van der Waals surface area contributed by atoms with Crippen LogP contribution in [0.5, 0.6) is 0 Å². The number of esters is 1. The fourth-order valence-electron chi connectivity index (χ4n) is 1.15. The molecule has 19 heavy (non-hydrogen) atoms. The maximum absolute atomic E-state index is 11.7. The molecule has 1 aromatic heterocycles. The molecule has 2 amide bonds. The molecule has 7 nitrogen and oxygen atoms in total. The van der Waals surface area contributed by atoms with Crippen molar-refractivity contribution in [3.63, 3.8) is 0 Å². The van der Waals surface area contributed by atoms with E-state index in [1.165, 1.54) is 11.8 Å². The maximum atomic E-state index is 11.7. The van der Waals surface area contributed by atoms with Gasteiger partial charge in [-0.3, -0.25) is 9.59 Å². The van der Waals surface area contributed by atoms with Gasteiger partial charge in [0.25, 0.3) is 5.91 Å². The van der Waals surface area contributed by atoms with E-state index in [0.29, 0.717) is 5.03 Å². The van der Waals surface area contributed by atoms with Crippen LogP contribution >= 0.6 is 11.8 Å². The summed E-state index contributed by atoms with van der Waals surface area (Å²) in [6, 6.07) is 3.16. The molecule has 1 heterocycles. The second-order valence-corrected chi connectivity index (χ2v) is 4.17. The Morgan fingerprint density at radius 2 is 2.21 bits per heavy atom. The van der Waals surface area contributed by atoms with Crippen LogP contribution in [0.25, 0.3) is 0 Å². The smallest absolute Gasteiger partial charge is 0.341 e. The Hall–Kier alpha value is -2.09. The first-order chi connectivity index (χ1) is 9.04. The number of carbonyl (C=O) groups is 3. The van der Waals surface area contributed by atoms with Gasteiger partial charge in [0, 0.05) is 6.20 Å². The van der Waals surface area contributed by atoms with E-state index in [-0.39, 0.29) is 12.1 Å². The molecule has 0 aliphatic rings. The second-order valence-electron chi connectivity index (χ2n) is 3.38. The zero-order valence-electron chi connectivity index (χ0n) is 10.2. The molecular weight excluding hydrogens is 270 g/mol. The molecule has 102 valence electrons. The van der Waals surface area contributed by atoms with Gasteiger partial charge in [0.15, 0.2) is 6.61 Å². The number of hydrogen-bond acceptors (Lipinski definition) is 6. The molecular formula is C11H13N3O4S. The van der Waals surface area contributed by atoms with Gasteiger partial charge in [-0.25, -0.2) is 9.78 Å². The summed E-state index contributed by atoms with van der Waals surface area (Å²) in [5.74, 6) is -1.91. The van der Waals surface area contributed by atoms with Crippen LogP contribution in [-0.2, 0) is 14.3 Å². The minimum atomic E-state index is -0.670. The van der Waals surface area contributed by atoms with Gasteiger partial charge in [-0.15, -0.1) is 11.8 Å². The summed E-state index contributed by atoms with van der Waals surface area (Å²) in [4.78, 5) is 37.4. The quantitative estimate of drug-likeness (QED) is 0.541. The van der Waals surface area contributed by atoms with Crippen LogP contribution in [0.4, 0.5) is 0 Å². The van der Waals surface area contributed by atoms with E-state index in [2.05, 4.69) is 10.3 Å². The molecule has 0 bridgehead atoms. The predicted molar refractivity (Wildman–Crippen MR) is 68.5 cm³/mol. The average Bonchev–Trinajstić information content (AvgIpc) is 2.42. The van der Waals surface area contributed by atoms with Crippen LogP contribution in [0, 0.1) is 0 Å². The molecule has 0 aliphatic heterocycles. The second kappa shape index (κ2) is 7.37. The molecule has 0 atom stereocenters. The first-order valence-corrected chi connectivity index (χ1v) is 6.48. The monoisotopic (exact) mass is 283 g/mol. The first-order valence-electron chi connectivity index (χ1n) is 5.25. The summed E-state index contributed by atoms with van der Waals surface area (Å²) in [5.41, 5.74) is 5.14. The number of nitrogens with two attached hydrogens (primary N) is 1. The van der Waals surface area contributed by atoms with Crippen LogP contribution < -0.4 is 11.1 Å². The largest absolute Gasteiger partial charge is 0.452 e. The first kappa shape index (κ1) is 15.0. The van der Waals surface area contributed by atoms with E-state index < -0.39 is 24.4 Å². The van der Waals surface area contributed by atoms with E-state index in [0.717, 1.165) is 0 Å². The molecule has 0 saturated heterocycles. The number of nitrogens with zero attached hydrogens (tertiary/aromatic N) is 1. The maximum Gasteiger partial charge on any atom is 0.341 e. The average molecular weight is 283 g/mol. The van der Waals surface area contributed by atoms with Crippen molar-refractivity contribution in [1.29, 1.82) is 0 Å². The van der Waals surface area contributed by atoms with E-state index in [9.17, 15) is 14.4 Å². The van der Waals surface area contributed by atoms with Crippen molar-refractivity contribution in [2.75, 3.05) is 19.4 Å². The van der Waals surface area contributed by atoms with Gasteiger partial charge >= 0.3 is 5.97 Å². The Morgan fingerprint density at radius 1 is 1.47 bits per heavy atom. The minimum Gasteiger partial charge on any atom is -0.452 e. The summed E-state index contributed by atoms with van der Waals surface area (Å²) < 4.78 is 4.81. The van der Waals surface area contributed by atoms with Crippen molar-refractivity contribution >= 4 is 29.5 Å². The molecule has 1 rings (SSSR count). The van der Waals surface area contributed by atoms with E-state index >= 15 is 0 Å². The number of thioether (sulfide) groups is 1. The summed E-state index contributed by atoms with van der Waals surface area (Å²) >= 11 is 1.30. The molecule has 0 radical (unpaired) electrons. The van der Waals surface area contributed by atoms with Crippen LogP contribution in [0.2, 0.25) is 0 Å². The molecule has 0 unspecified atom stereocenters. The predicted octanol–water partition coefficient (Wildman–Crippen LogP) is -0.438. The summed E-state index contributed by atoms with van der Waals surface area (Å²) in [6.45, 7) is -0.770. The Kier molecular flexibility index (Phi) is 5.80. The topological polar surface area (TPSA) is 111 Å². The van der Waals surface area contributed by atoms with E-state index in [4.69, 9.17) is 10.5 Å². The lowest BCUT2D eigenvalue weighted by atomic mass is 10.3. The van der Waals surface area contributed by atoms with Crippen LogP contribution in [-0.4, -0.2) is 42.2 Å².